The van der Waals surface area contributed by atoms with E-state index in [1.807, 2.05) is 38.4 Å². The second-order valence-corrected chi connectivity index (χ2v) is 7.90. The number of aryl methyl sites for hydroxylation is 1. The van der Waals surface area contributed by atoms with E-state index in [1.54, 1.807) is 4.90 Å². The van der Waals surface area contributed by atoms with Gasteiger partial charge in [-0.15, -0.1) is 0 Å². The maximum Gasteiger partial charge on any atom is 0.410 e. The van der Waals surface area contributed by atoms with E-state index in [-0.39, 0.29) is 12.1 Å². The molecule has 8 heteroatoms. The molecule has 2 aromatic rings. The Kier molecular flexibility index (Phi) is 4.68. The van der Waals surface area contributed by atoms with Crippen LogP contribution in [0.5, 0.6) is 0 Å². The van der Waals surface area contributed by atoms with E-state index in [2.05, 4.69) is 21.9 Å². The van der Waals surface area contributed by atoms with Crippen LogP contribution in [0, 0.1) is 6.92 Å². The highest BCUT2D eigenvalue weighted by Gasteiger charge is 2.30. The number of carbonyl (C=O) groups is 1. The van der Waals surface area contributed by atoms with Gasteiger partial charge in [-0.2, -0.15) is 5.10 Å². The van der Waals surface area contributed by atoms with Crippen LogP contribution in [-0.2, 0) is 4.74 Å². The van der Waals surface area contributed by atoms with Gasteiger partial charge in [-0.1, -0.05) is 0 Å². The summed E-state index contributed by atoms with van der Waals surface area (Å²) in [6.45, 7) is 9.39. The van der Waals surface area contributed by atoms with Crippen molar-refractivity contribution in [2.24, 2.45) is 0 Å². The molecule has 2 N–H and O–H groups in total. The fourth-order valence-corrected chi connectivity index (χ4v) is 3.45. The molecular formula is C18H28N6O2. The minimum absolute atomic E-state index is 0.173. The van der Waals surface area contributed by atoms with E-state index < -0.39 is 5.60 Å². The second kappa shape index (κ2) is 6.66. The highest BCUT2D eigenvalue weighted by molar-refractivity contribution is 5.72. The molecule has 1 aliphatic rings. The van der Waals surface area contributed by atoms with Crippen LogP contribution in [-0.4, -0.2) is 57.4 Å². The van der Waals surface area contributed by atoms with E-state index in [1.165, 1.54) is 6.33 Å². The van der Waals surface area contributed by atoms with Gasteiger partial charge in [0.05, 0.1) is 0 Å². The first-order chi connectivity index (χ1) is 12.2. The Morgan fingerprint density at radius 1 is 1.35 bits per heavy atom. The zero-order valence-corrected chi connectivity index (χ0v) is 16.2. The van der Waals surface area contributed by atoms with Crippen LogP contribution in [0.4, 0.5) is 16.4 Å². The van der Waals surface area contributed by atoms with Crippen LogP contribution in [0.25, 0.3) is 5.52 Å². The van der Waals surface area contributed by atoms with Crippen LogP contribution in [0.1, 0.15) is 39.2 Å². The molecule has 3 heterocycles. The van der Waals surface area contributed by atoms with E-state index in [4.69, 9.17) is 10.5 Å². The fraction of sp³-hybridized carbons (Fsp3) is 0.611. The van der Waals surface area contributed by atoms with Crippen LogP contribution < -0.4 is 10.6 Å². The molecule has 0 atom stereocenters. The van der Waals surface area contributed by atoms with Crippen LogP contribution in [0.15, 0.2) is 12.4 Å². The molecule has 0 saturated carbocycles. The summed E-state index contributed by atoms with van der Waals surface area (Å²) < 4.78 is 7.34. The second-order valence-electron chi connectivity index (χ2n) is 7.90. The monoisotopic (exact) mass is 360 g/mol. The summed E-state index contributed by atoms with van der Waals surface area (Å²) >= 11 is 0. The van der Waals surface area contributed by atoms with Gasteiger partial charge in [0.15, 0.2) is 5.82 Å². The molecular weight excluding hydrogens is 332 g/mol. The van der Waals surface area contributed by atoms with Crippen molar-refractivity contribution < 1.29 is 9.53 Å². The summed E-state index contributed by atoms with van der Waals surface area (Å²) in [5.74, 6) is 1.53. The van der Waals surface area contributed by atoms with Crippen molar-refractivity contribution in [1.29, 1.82) is 0 Å². The molecule has 0 aromatic carbocycles. The Hall–Kier alpha value is -2.51. The molecule has 1 aliphatic heterocycles. The Morgan fingerprint density at radius 3 is 2.62 bits per heavy atom. The number of amides is 1. The molecule has 0 unspecified atom stereocenters. The number of anilines is 2. The summed E-state index contributed by atoms with van der Waals surface area (Å²) in [4.78, 5) is 20.4. The number of piperidine rings is 1. The third-order valence-corrected chi connectivity index (χ3v) is 4.75. The van der Waals surface area contributed by atoms with Gasteiger partial charge in [0.25, 0.3) is 0 Å². The largest absolute Gasteiger partial charge is 0.444 e. The average Bonchev–Trinajstić information content (AvgIpc) is 2.90. The maximum absolute atomic E-state index is 12.3. The SMILES string of the molecule is Cc1cc2c(N)ncnn2c1N1CCC(N(C)C(=O)OC(C)(C)C)CC1. The molecule has 26 heavy (non-hydrogen) atoms. The van der Waals surface area contributed by atoms with Gasteiger partial charge in [-0.05, 0) is 52.2 Å². The minimum atomic E-state index is -0.479. The quantitative estimate of drug-likeness (QED) is 0.885. The van der Waals surface area contributed by atoms with Crippen molar-refractivity contribution in [2.75, 3.05) is 30.8 Å². The predicted octanol–water partition coefficient (Wildman–Crippen LogP) is 2.46. The number of hydrogen-bond donors (Lipinski definition) is 1. The number of nitrogens with zero attached hydrogens (tertiary/aromatic N) is 5. The molecule has 1 saturated heterocycles. The molecule has 142 valence electrons. The molecule has 0 radical (unpaired) electrons. The van der Waals surface area contributed by atoms with Gasteiger partial charge >= 0.3 is 6.09 Å². The lowest BCUT2D eigenvalue weighted by Crippen LogP contribution is -2.47. The van der Waals surface area contributed by atoms with E-state index in [9.17, 15) is 4.79 Å². The number of aromatic nitrogens is 3. The van der Waals surface area contributed by atoms with Crippen molar-refractivity contribution in [3.8, 4) is 0 Å². The van der Waals surface area contributed by atoms with Crippen molar-refractivity contribution in [3.05, 3.63) is 18.0 Å². The van der Waals surface area contributed by atoms with Crippen molar-refractivity contribution in [3.63, 3.8) is 0 Å². The summed E-state index contributed by atoms with van der Waals surface area (Å²) in [6, 6.07) is 2.19. The maximum atomic E-state index is 12.3. The smallest absolute Gasteiger partial charge is 0.410 e. The molecule has 0 spiro atoms. The lowest BCUT2D eigenvalue weighted by atomic mass is 10.0. The zero-order chi connectivity index (χ0) is 19.1. The average molecular weight is 360 g/mol. The molecule has 0 bridgehead atoms. The molecule has 1 fully saturated rings. The number of hydrogen-bond acceptors (Lipinski definition) is 6. The topological polar surface area (TPSA) is 89.0 Å². The zero-order valence-electron chi connectivity index (χ0n) is 16.2. The highest BCUT2D eigenvalue weighted by atomic mass is 16.6. The Balaban J connectivity index is 1.70. The first kappa shape index (κ1) is 18.3. The van der Waals surface area contributed by atoms with Gasteiger partial charge in [-0.25, -0.2) is 14.3 Å². The van der Waals surface area contributed by atoms with E-state index in [0.717, 1.165) is 42.8 Å². The molecule has 1 amide bonds. The first-order valence-electron chi connectivity index (χ1n) is 8.97. The number of nitrogen functional groups attached to an aromatic ring is 1. The Bertz CT molecular complexity index is 802. The summed E-state index contributed by atoms with van der Waals surface area (Å²) in [5.41, 5.74) is 7.43. The van der Waals surface area contributed by atoms with Crippen LogP contribution in [0.3, 0.4) is 0 Å². The summed E-state index contributed by atoms with van der Waals surface area (Å²) in [5, 5.41) is 4.36. The molecule has 0 aliphatic carbocycles. The van der Waals surface area contributed by atoms with Gasteiger partial charge < -0.3 is 20.3 Å². The van der Waals surface area contributed by atoms with Gasteiger partial charge in [0, 0.05) is 26.2 Å². The number of fused-ring (bicyclic) bond motifs is 1. The van der Waals surface area contributed by atoms with Gasteiger partial charge in [-0.3, -0.25) is 0 Å². The lowest BCUT2D eigenvalue weighted by molar-refractivity contribution is 0.0200. The third-order valence-electron chi connectivity index (χ3n) is 4.75. The normalized spacial score (nSPS) is 16.1. The van der Waals surface area contributed by atoms with E-state index >= 15 is 0 Å². The minimum Gasteiger partial charge on any atom is -0.444 e. The van der Waals surface area contributed by atoms with Crippen LogP contribution >= 0.6 is 0 Å². The van der Waals surface area contributed by atoms with Gasteiger partial charge in [0.1, 0.15) is 23.3 Å². The number of ether oxygens (including phenoxy) is 1. The lowest BCUT2D eigenvalue weighted by Gasteiger charge is -2.38. The number of nitrogens with two attached hydrogens (primary N) is 1. The number of rotatable bonds is 2. The van der Waals surface area contributed by atoms with Crippen molar-refractivity contribution in [2.45, 2.75) is 52.2 Å². The first-order valence-corrected chi connectivity index (χ1v) is 8.97. The summed E-state index contributed by atoms with van der Waals surface area (Å²) in [7, 11) is 1.82. The Morgan fingerprint density at radius 2 is 2.00 bits per heavy atom. The fourth-order valence-electron chi connectivity index (χ4n) is 3.45. The van der Waals surface area contributed by atoms with E-state index in [0.29, 0.717) is 5.82 Å². The summed E-state index contributed by atoms with van der Waals surface area (Å²) in [6.07, 6.45) is 2.97. The molecule has 2 aromatic heterocycles. The molecule has 8 nitrogen and oxygen atoms in total. The van der Waals surface area contributed by atoms with Gasteiger partial charge in [0.2, 0.25) is 0 Å². The van der Waals surface area contributed by atoms with Crippen molar-refractivity contribution >= 4 is 23.2 Å². The predicted molar refractivity (Wildman–Crippen MR) is 101 cm³/mol. The standard InChI is InChI=1S/C18H28N6O2/c1-12-10-14-15(19)20-11-21-24(14)16(12)23-8-6-13(7-9-23)22(5)17(25)26-18(2,3)4/h10-11,13H,6-9H2,1-5H3,(H2,19,20,21). The Labute approximate surface area is 153 Å². The third kappa shape index (κ3) is 3.54. The molecule has 3 rings (SSSR count). The van der Waals surface area contributed by atoms with Crippen LogP contribution in [0.2, 0.25) is 0 Å². The van der Waals surface area contributed by atoms with Crippen molar-refractivity contribution in [1.82, 2.24) is 19.5 Å². The highest BCUT2D eigenvalue weighted by Crippen LogP contribution is 2.29. The number of carbonyl (C=O) groups excluding carboxylic acids is 1.